The van der Waals surface area contributed by atoms with E-state index in [0.29, 0.717) is 13.2 Å². The maximum atomic E-state index is 5.69. The van der Waals surface area contributed by atoms with Gasteiger partial charge in [0.15, 0.2) is 5.96 Å². The van der Waals surface area contributed by atoms with Crippen LogP contribution in [-0.4, -0.2) is 62.4 Å². The zero-order valence-electron chi connectivity index (χ0n) is 15.4. The van der Waals surface area contributed by atoms with Crippen LogP contribution in [0.15, 0.2) is 4.99 Å². The van der Waals surface area contributed by atoms with E-state index in [1.165, 1.54) is 34.8 Å². The molecule has 2 heterocycles. The first-order valence-electron chi connectivity index (χ1n) is 9.35. The molecule has 1 aromatic rings. The number of fused-ring (bicyclic) bond motifs is 1. The Bertz CT molecular complexity index is 546. The minimum Gasteiger partial charge on any atom is -0.377 e. The number of aromatic nitrogens is 1. The second-order valence-electron chi connectivity index (χ2n) is 6.72. The summed E-state index contributed by atoms with van der Waals surface area (Å²) in [5.41, 5.74) is 1.32. The van der Waals surface area contributed by atoms with Crippen molar-refractivity contribution in [3.8, 4) is 0 Å². The van der Waals surface area contributed by atoms with Gasteiger partial charge in [-0.2, -0.15) is 0 Å². The van der Waals surface area contributed by atoms with Gasteiger partial charge < -0.3 is 19.7 Å². The van der Waals surface area contributed by atoms with Gasteiger partial charge in [0.2, 0.25) is 0 Å². The van der Waals surface area contributed by atoms with Crippen molar-refractivity contribution < 1.29 is 9.47 Å². The Hall–Kier alpha value is -1.18. The van der Waals surface area contributed by atoms with Crippen LogP contribution in [0.4, 0.5) is 0 Å². The fourth-order valence-corrected chi connectivity index (χ4v) is 4.57. The Morgan fingerprint density at radius 2 is 2.28 bits per heavy atom. The lowest BCUT2D eigenvalue weighted by Crippen LogP contribution is -2.40. The number of guanidine groups is 1. The third-order valence-corrected chi connectivity index (χ3v) is 5.84. The van der Waals surface area contributed by atoms with Gasteiger partial charge in [-0.05, 0) is 38.5 Å². The number of ether oxygens (including phenoxy) is 2. The van der Waals surface area contributed by atoms with Crippen LogP contribution in [0.5, 0.6) is 0 Å². The molecule has 1 aliphatic heterocycles. The van der Waals surface area contributed by atoms with Gasteiger partial charge in [-0.3, -0.25) is 4.99 Å². The first-order valence-corrected chi connectivity index (χ1v) is 10.2. The number of thiazole rings is 1. The molecule has 1 aromatic heterocycles. The first kappa shape index (κ1) is 18.6. The monoisotopic (exact) mass is 366 g/mol. The van der Waals surface area contributed by atoms with Crippen LogP contribution in [0.25, 0.3) is 0 Å². The maximum absolute atomic E-state index is 5.69. The quantitative estimate of drug-likeness (QED) is 0.456. The summed E-state index contributed by atoms with van der Waals surface area (Å²) in [6.07, 6.45) is 7.49. The van der Waals surface area contributed by atoms with Crippen LogP contribution in [0.2, 0.25) is 0 Å². The Morgan fingerprint density at radius 1 is 1.40 bits per heavy atom. The van der Waals surface area contributed by atoms with Crippen molar-refractivity contribution in [3.05, 3.63) is 15.6 Å². The summed E-state index contributed by atoms with van der Waals surface area (Å²) in [4.78, 5) is 12.8. The highest BCUT2D eigenvalue weighted by molar-refractivity contribution is 7.11. The molecule has 140 valence electrons. The maximum Gasteiger partial charge on any atom is 0.193 e. The summed E-state index contributed by atoms with van der Waals surface area (Å²) in [5, 5.41) is 4.55. The lowest BCUT2D eigenvalue weighted by molar-refractivity contribution is 0.0190. The second-order valence-corrected chi connectivity index (χ2v) is 7.89. The molecule has 0 amide bonds. The van der Waals surface area contributed by atoms with E-state index in [-0.39, 0.29) is 6.10 Å². The minimum atomic E-state index is 0.290. The number of nitrogens with zero attached hydrogens (tertiary/aromatic N) is 3. The lowest BCUT2D eigenvalue weighted by Gasteiger charge is -2.21. The summed E-state index contributed by atoms with van der Waals surface area (Å²) in [5.74, 6) is 0.883. The van der Waals surface area contributed by atoms with Crippen LogP contribution in [0, 0.1) is 0 Å². The smallest absolute Gasteiger partial charge is 0.193 e. The molecule has 1 unspecified atom stereocenters. The second kappa shape index (κ2) is 9.50. The molecule has 0 radical (unpaired) electrons. The van der Waals surface area contributed by atoms with Crippen LogP contribution < -0.4 is 5.32 Å². The fraction of sp³-hybridized carbons (Fsp3) is 0.778. The normalized spacial score (nSPS) is 20.6. The zero-order valence-corrected chi connectivity index (χ0v) is 16.2. The number of hydrogen-bond acceptors (Lipinski definition) is 5. The number of hydrogen-bond donors (Lipinski definition) is 1. The summed E-state index contributed by atoms with van der Waals surface area (Å²) in [6, 6.07) is 0. The van der Waals surface area contributed by atoms with E-state index in [2.05, 4.69) is 22.3 Å². The van der Waals surface area contributed by atoms with Crippen LogP contribution in [-0.2, 0) is 28.9 Å². The van der Waals surface area contributed by atoms with Crippen LogP contribution >= 0.6 is 11.3 Å². The number of aliphatic imine (C=N–C) groups is 1. The minimum absolute atomic E-state index is 0.290. The van der Waals surface area contributed by atoms with Gasteiger partial charge in [0.25, 0.3) is 0 Å². The van der Waals surface area contributed by atoms with E-state index < -0.39 is 0 Å². The molecule has 0 spiro atoms. The standard InChI is InChI=1S/C18H30N4O2S/c1-19-18(20-9-11-23-13-14-6-5-10-24-14)22(2)12-17-21-15-7-3-4-8-16(15)25-17/h14H,3-13H2,1-2H3,(H,19,20). The molecule has 1 aliphatic carbocycles. The van der Waals surface area contributed by atoms with Crippen molar-refractivity contribution in [3.63, 3.8) is 0 Å². The van der Waals surface area contributed by atoms with E-state index >= 15 is 0 Å². The van der Waals surface area contributed by atoms with E-state index in [4.69, 9.17) is 14.5 Å². The van der Waals surface area contributed by atoms with E-state index in [1.807, 2.05) is 18.4 Å². The SMILES string of the molecule is CN=C(NCCOCC1CCCO1)N(C)Cc1nc2c(s1)CCCC2. The third-order valence-electron chi connectivity index (χ3n) is 4.69. The number of rotatable bonds is 7. The van der Waals surface area contributed by atoms with Crippen LogP contribution in [0.3, 0.4) is 0 Å². The molecule has 1 fully saturated rings. The van der Waals surface area contributed by atoms with E-state index in [0.717, 1.165) is 44.9 Å². The van der Waals surface area contributed by atoms with Gasteiger partial charge in [-0.1, -0.05) is 0 Å². The molecule has 6 nitrogen and oxygen atoms in total. The Morgan fingerprint density at radius 3 is 3.04 bits per heavy atom. The van der Waals surface area contributed by atoms with Gasteiger partial charge in [-0.25, -0.2) is 4.98 Å². The van der Waals surface area contributed by atoms with Crippen molar-refractivity contribution in [2.45, 2.75) is 51.2 Å². The molecule has 25 heavy (non-hydrogen) atoms. The highest BCUT2D eigenvalue weighted by Gasteiger charge is 2.17. The first-order chi connectivity index (χ1) is 12.3. The molecular formula is C18H30N4O2S. The topological polar surface area (TPSA) is 59.0 Å². The van der Waals surface area contributed by atoms with Crippen molar-refractivity contribution in [1.29, 1.82) is 0 Å². The van der Waals surface area contributed by atoms with Gasteiger partial charge >= 0.3 is 0 Å². The molecule has 3 rings (SSSR count). The Kier molecular flexibility index (Phi) is 7.07. The van der Waals surface area contributed by atoms with Gasteiger partial charge in [0, 0.05) is 32.1 Å². The molecule has 0 saturated carbocycles. The highest BCUT2D eigenvalue weighted by Crippen LogP contribution is 2.27. The largest absolute Gasteiger partial charge is 0.377 e. The number of aryl methyl sites for hydroxylation is 2. The van der Waals surface area contributed by atoms with Crippen molar-refractivity contribution in [2.75, 3.05) is 40.5 Å². The summed E-state index contributed by atoms with van der Waals surface area (Å²) in [6.45, 7) is 3.79. The third kappa shape index (κ3) is 5.39. The summed E-state index contributed by atoms with van der Waals surface area (Å²) in [7, 11) is 3.88. The molecule has 7 heteroatoms. The van der Waals surface area contributed by atoms with E-state index in [1.54, 1.807) is 0 Å². The lowest BCUT2D eigenvalue weighted by atomic mass is 10.0. The highest BCUT2D eigenvalue weighted by atomic mass is 32.1. The fourth-order valence-electron chi connectivity index (χ4n) is 3.36. The Balaban J connectivity index is 1.38. The Labute approximate surface area is 154 Å². The molecule has 0 bridgehead atoms. The van der Waals surface area contributed by atoms with E-state index in [9.17, 15) is 0 Å². The summed E-state index contributed by atoms with van der Waals surface area (Å²) >= 11 is 1.86. The predicted molar refractivity (Wildman–Crippen MR) is 101 cm³/mol. The molecule has 2 aliphatic rings. The summed E-state index contributed by atoms with van der Waals surface area (Å²) < 4.78 is 11.3. The van der Waals surface area contributed by atoms with Crippen molar-refractivity contribution >= 4 is 17.3 Å². The number of nitrogens with one attached hydrogen (secondary N) is 1. The molecular weight excluding hydrogens is 336 g/mol. The van der Waals surface area contributed by atoms with Gasteiger partial charge in [0.1, 0.15) is 5.01 Å². The van der Waals surface area contributed by atoms with Crippen molar-refractivity contribution in [2.24, 2.45) is 4.99 Å². The van der Waals surface area contributed by atoms with Crippen molar-refractivity contribution in [1.82, 2.24) is 15.2 Å². The average Bonchev–Trinajstić information content (AvgIpc) is 3.26. The molecule has 1 saturated heterocycles. The van der Waals surface area contributed by atoms with Crippen LogP contribution in [0.1, 0.15) is 41.3 Å². The predicted octanol–water partition coefficient (Wildman–Crippen LogP) is 2.22. The van der Waals surface area contributed by atoms with Gasteiger partial charge in [-0.15, -0.1) is 11.3 Å². The molecule has 0 aromatic carbocycles. The molecule has 1 N–H and O–H groups in total. The molecule has 1 atom stereocenters. The van der Waals surface area contributed by atoms with Gasteiger partial charge in [0.05, 0.1) is 31.6 Å². The average molecular weight is 367 g/mol. The zero-order chi connectivity index (χ0) is 17.5.